The van der Waals surface area contributed by atoms with Crippen molar-refractivity contribution in [3.05, 3.63) is 77.9 Å². The predicted molar refractivity (Wildman–Crippen MR) is 124 cm³/mol. The van der Waals surface area contributed by atoms with Crippen LogP contribution in [0.1, 0.15) is 40.5 Å². The number of imidazole rings is 1. The van der Waals surface area contributed by atoms with Crippen LogP contribution in [-0.4, -0.2) is 30.2 Å². The second-order valence-electron chi connectivity index (χ2n) is 8.38. The topological polar surface area (TPSA) is 77.6 Å². The average Bonchev–Trinajstić information content (AvgIpc) is 3.51. The van der Waals surface area contributed by atoms with E-state index in [-0.39, 0.29) is 5.91 Å². The van der Waals surface area contributed by atoms with E-state index in [2.05, 4.69) is 15.4 Å². The van der Waals surface area contributed by atoms with Crippen LogP contribution in [0.25, 0.3) is 27.8 Å². The molecule has 3 heterocycles. The molecule has 1 saturated carbocycles. The van der Waals surface area contributed by atoms with Crippen LogP contribution in [0.3, 0.4) is 0 Å². The third kappa shape index (κ3) is 3.05. The second kappa shape index (κ2) is 7.02. The van der Waals surface area contributed by atoms with E-state index in [0.717, 1.165) is 57.7 Å². The summed E-state index contributed by atoms with van der Waals surface area (Å²) < 4.78 is 3.80. The number of para-hydroxylation sites is 2. The Hall–Kier alpha value is -4.00. The van der Waals surface area contributed by atoms with Crippen molar-refractivity contribution in [2.75, 3.05) is 5.32 Å². The maximum absolute atomic E-state index is 13.3. The molecule has 1 fully saturated rings. The van der Waals surface area contributed by atoms with Gasteiger partial charge in [-0.05, 0) is 62.2 Å². The van der Waals surface area contributed by atoms with Gasteiger partial charge in [0.2, 0.25) is 0 Å². The number of amides is 1. The molecule has 3 aromatic heterocycles. The number of nitrogens with one attached hydrogen (secondary N) is 1. The molecule has 5 aromatic rings. The maximum atomic E-state index is 13.3. The first kappa shape index (κ1) is 18.7. The van der Waals surface area contributed by atoms with Gasteiger partial charge in [-0.1, -0.05) is 12.1 Å². The van der Waals surface area contributed by atoms with Gasteiger partial charge in [0.25, 0.3) is 5.91 Å². The molecule has 158 valence electrons. The summed E-state index contributed by atoms with van der Waals surface area (Å²) in [6, 6.07) is 17.8. The Morgan fingerprint density at radius 3 is 2.66 bits per heavy atom. The van der Waals surface area contributed by atoms with Gasteiger partial charge < -0.3 is 5.32 Å². The lowest BCUT2D eigenvalue weighted by atomic mass is 10.1. The number of nitrogens with zero attached hydrogens (tertiary/aromatic N) is 5. The molecular weight excluding hydrogens is 400 g/mol. The highest BCUT2D eigenvalue weighted by atomic mass is 16.1. The summed E-state index contributed by atoms with van der Waals surface area (Å²) in [6.45, 7) is 1.92. The van der Waals surface area contributed by atoms with Crippen molar-refractivity contribution in [2.24, 2.45) is 7.05 Å². The Labute approximate surface area is 184 Å². The molecule has 2 aromatic carbocycles. The highest BCUT2D eigenvalue weighted by Crippen LogP contribution is 2.40. The van der Waals surface area contributed by atoms with Gasteiger partial charge in [0.15, 0.2) is 5.65 Å². The van der Waals surface area contributed by atoms with E-state index in [9.17, 15) is 4.79 Å². The highest BCUT2D eigenvalue weighted by molar-refractivity contribution is 6.12. The number of anilines is 1. The van der Waals surface area contributed by atoms with Crippen molar-refractivity contribution < 1.29 is 4.79 Å². The SMILES string of the molecule is Cc1nn(C)c2nc(C3CC3)cc(C(=O)Nc3ccc(-n4cnc5ccccc54)cc3)c12. The Balaban J connectivity index is 1.32. The fraction of sp³-hybridized carbons (Fsp3) is 0.200. The van der Waals surface area contributed by atoms with E-state index in [1.165, 1.54) is 0 Å². The summed E-state index contributed by atoms with van der Waals surface area (Å²) in [5.41, 5.74) is 6.90. The Kier molecular flexibility index (Phi) is 4.11. The van der Waals surface area contributed by atoms with Gasteiger partial charge in [-0.3, -0.25) is 14.0 Å². The summed E-state index contributed by atoms with van der Waals surface area (Å²) >= 11 is 0. The van der Waals surface area contributed by atoms with Gasteiger partial charge in [0.05, 0.1) is 27.7 Å². The van der Waals surface area contributed by atoms with E-state index in [4.69, 9.17) is 4.98 Å². The second-order valence-corrected chi connectivity index (χ2v) is 8.38. The molecule has 7 heteroatoms. The van der Waals surface area contributed by atoms with E-state index < -0.39 is 0 Å². The third-order valence-corrected chi connectivity index (χ3v) is 6.09. The Morgan fingerprint density at radius 1 is 1.09 bits per heavy atom. The largest absolute Gasteiger partial charge is 0.322 e. The summed E-state index contributed by atoms with van der Waals surface area (Å²) in [5.74, 6) is 0.307. The van der Waals surface area contributed by atoms with Crippen LogP contribution in [0.5, 0.6) is 0 Å². The minimum absolute atomic E-state index is 0.142. The first-order valence-corrected chi connectivity index (χ1v) is 10.8. The number of benzene rings is 2. The predicted octanol–water partition coefficient (Wildman–Crippen LogP) is 4.75. The van der Waals surface area contributed by atoms with Gasteiger partial charge in [-0.2, -0.15) is 5.10 Å². The van der Waals surface area contributed by atoms with Crippen LogP contribution >= 0.6 is 0 Å². The molecule has 1 N–H and O–H groups in total. The Bertz CT molecular complexity index is 1490. The van der Waals surface area contributed by atoms with Crippen molar-refractivity contribution in [3.8, 4) is 5.69 Å². The zero-order valence-electron chi connectivity index (χ0n) is 17.9. The molecule has 1 aliphatic carbocycles. The summed E-state index contributed by atoms with van der Waals surface area (Å²) in [5, 5.41) is 8.36. The minimum atomic E-state index is -0.142. The number of aryl methyl sites for hydroxylation is 2. The maximum Gasteiger partial charge on any atom is 0.256 e. The molecule has 0 atom stereocenters. The quantitative estimate of drug-likeness (QED) is 0.454. The zero-order chi connectivity index (χ0) is 21.8. The standard InChI is InChI=1S/C25H22N6O/c1-15-23-19(13-21(16-7-8-16)28-24(23)30(2)29-15)25(32)27-17-9-11-18(12-10-17)31-14-26-20-5-3-4-6-22(20)31/h3-6,9-14,16H,7-8H2,1-2H3,(H,27,32). The molecule has 0 bridgehead atoms. The van der Waals surface area contributed by atoms with Crippen LogP contribution in [0.4, 0.5) is 5.69 Å². The number of hydrogen-bond acceptors (Lipinski definition) is 4. The van der Waals surface area contributed by atoms with E-state index in [1.54, 1.807) is 4.68 Å². The molecule has 1 amide bonds. The molecule has 32 heavy (non-hydrogen) atoms. The van der Waals surface area contributed by atoms with Crippen LogP contribution in [-0.2, 0) is 7.05 Å². The lowest BCUT2D eigenvalue weighted by molar-refractivity contribution is 0.102. The van der Waals surface area contributed by atoms with E-state index >= 15 is 0 Å². The van der Waals surface area contributed by atoms with Gasteiger partial charge >= 0.3 is 0 Å². The number of aromatic nitrogens is 5. The number of hydrogen-bond donors (Lipinski definition) is 1. The van der Waals surface area contributed by atoms with Crippen molar-refractivity contribution in [1.29, 1.82) is 0 Å². The summed E-state index contributed by atoms with van der Waals surface area (Å²) in [7, 11) is 1.87. The first-order valence-electron chi connectivity index (χ1n) is 10.8. The van der Waals surface area contributed by atoms with Crippen LogP contribution < -0.4 is 5.32 Å². The zero-order valence-corrected chi connectivity index (χ0v) is 17.9. The normalized spacial score (nSPS) is 13.7. The molecule has 7 nitrogen and oxygen atoms in total. The smallest absolute Gasteiger partial charge is 0.256 e. The van der Waals surface area contributed by atoms with Crippen molar-refractivity contribution >= 4 is 33.7 Å². The van der Waals surface area contributed by atoms with Crippen molar-refractivity contribution in [1.82, 2.24) is 24.3 Å². The molecule has 1 aliphatic rings. The number of rotatable bonds is 4. The monoisotopic (exact) mass is 422 g/mol. The molecule has 0 spiro atoms. The third-order valence-electron chi connectivity index (χ3n) is 6.09. The van der Waals surface area contributed by atoms with Gasteiger partial charge in [-0.15, -0.1) is 0 Å². The molecule has 0 saturated heterocycles. The molecule has 0 unspecified atom stereocenters. The highest BCUT2D eigenvalue weighted by Gasteiger charge is 2.28. The summed E-state index contributed by atoms with van der Waals surface area (Å²) in [4.78, 5) is 22.5. The summed E-state index contributed by atoms with van der Waals surface area (Å²) in [6.07, 6.45) is 4.07. The number of pyridine rings is 1. The average molecular weight is 422 g/mol. The molecule has 6 rings (SSSR count). The fourth-order valence-corrected chi connectivity index (χ4v) is 4.30. The van der Waals surface area contributed by atoms with Crippen molar-refractivity contribution in [2.45, 2.75) is 25.7 Å². The van der Waals surface area contributed by atoms with E-state index in [0.29, 0.717) is 11.5 Å². The van der Waals surface area contributed by atoms with Crippen LogP contribution in [0.15, 0.2) is 60.9 Å². The Morgan fingerprint density at radius 2 is 1.88 bits per heavy atom. The fourth-order valence-electron chi connectivity index (χ4n) is 4.30. The minimum Gasteiger partial charge on any atom is -0.322 e. The number of carbonyl (C=O) groups is 1. The number of carbonyl (C=O) groups excluding carboxylic acids is 1. The van der Waals surface area contributed by atoms with Gasteiger partial charge in [0, 0.05) is 30.0 Å². The molecule has 0 radical (unpaired) electrons. The lowest BCUT2D eigenvalue weighted by Crippen LogP contribution is -2.13. The van der Waals surface area contributed by atoms with Crippen LogP contribution in [0, 0.1) is 6.92 Å². The van der Waals surface area contributed by atoms with E-state index in [1.807, 2.05) is 79.5 Å². The van der Waals surface area contributed by atoms with Crippen LogP contribution in [0.2, 0.25) is 0 Å². The van der Waals surface area contributed by atoms with Crippen molar-refractivity contribution in [3.63, 3.8) is 0 Å². The number of fused-ring (bicyclic) bond motifs is 2. The molecular formula is C25H22N6O. The van der Waals surface area contributed by atoms with Gasteiger partial charge in [-0.25, -0.2) is 9.97 Å². The van der Waals surface area contributed by atoms with Gasteiger partial charge in [0.1, 0.15) is 6.33 Å². The lowest BCUT2D eigenvalue weighted by Gasteiger charge is -2.10. The first-order chi connectivity index (χ1) is 15.6. The molecule has 0 aliphatic heterocycles.